The highest BCUT2D eigenvalue weighted by Crippen LogP contribution is 2.29. The summed E-state index contributed by atoms with van der Waals surface area (Å²) in [5.74, 6) is 0.606. The van der Waals surface area contributed by atoms with E-state index >= 15 is 0 Å². The van der Waals surface area contributed by atoms with E-state index in [1.54, 1.807) is 7.11 Å². The monoisotopic (exact) mass is 410 g/mol. The van der Waals surface area contributed by atoms with Crippen LogP contribution < -0.4 is 5.32 Å². The van der Waals surface area contributed by atoms with Crippen LogP contribution >= 0.6 is 0 Å². The number of piperidine rings is 1. The van der Waals surface area contributed by atoms with Gasteiger partial charge in [-0.3, -0.25) is 9.59 Å². The molecule has 0 bridgehead atoms. The number of ether oxygens (including phenoxy) is 2. The minimum Gasteiger partial charge on any atom is -0.384 e. The number of carbonyl (C=O) groups excluding carboxylic acids is 2. The lowest BCUT2D eigenvalue weighted by molar-refractivity contribution is -0.145. The highest BCUT2D eigenvalue weighted by molar-refractivity contribution is 5.88. The number of hydrogen-bond acceptors (Lipinski definition) is 4. The van der Waals surface area contributed by atoms with Gasteiger partial charge in [-0.05, 0) is 51.4 Å². The number of methoxy groups -OCH3 is 1. The molecule has 1 heterocycles. The Morgan fingerprint density at radius 3 is 2.34 bits per heavy atom. The second kappa shape index (κ2) is 11.9. The van der Waals surface area contributed by atoms with Crippen LogP contribution in [0.3, 0.4) is 0 Å². The van der Waals surface area contributed by atoms with Crippen LogP contribution in [0.2, 0.25) is 0 Å². The molecule has 6 nitrogen and oxygen atoms in total. The first kappa shape index (κ1) is 24.1. The number of nitrogens with zero attached hydrogens (tertiary/aromatic N) is 1. The van der Waals surface area contributed by atoms with Gasteiger partial charge < -0.3 is 19.7 Å². The van der Waals surface area contributed by atoms with Gasteiger partial charge >= 0.3 is 0 Å². The molecule has 0 aromatic carbocycles. The predicted octanol–water partition coefficient (Wildman–Crippen LogP) is 3.39. The van der Waals surface area contributed by atoms with Crippen molar-refractivity contribution in [3.05, 3.63) is 0 Å². The van der Waals surface area contributed by atoms with E-state index < -0.39 is 6.04 Å². The Balaban J connectivity index is 2.06. The maximum Gasteiger partial charge on any atom is 0.247 e. The van der Waals surface area contributed by atoms with Gasteiger partial charge in [-0.15, -0.1) is 0 Å². The van der Waals surface area contributed by atoms with E-state index in [0.717, 1.165) is 19.4 Å². The number of rotatable bonds is 9. The van der Waals surface area contributed by atoms with Crippen molar-refractivity contribution in [3.8, 4) is 0 Å². The minimum atomic E-state index is -0.641. The Morgan fingerprint density at radius 2 is 1.72 bits per heavy atom. The van der Waals surface area contributed by atoms with E-state index in [1.165, 1.54) is 32.1 Å². The van der Waals surface area contributed by atoms with Crippen molar-refractivity contribution < 1.29 is 19.1 Å². The van der Waals surface area contributed by atoms with Gasteiger partial charge in [0.25, 0.3) is 0 Å². The van der Waals surface area contributed by atoms with Crippen LogP contribution in [0.15, 0.2) is 0 Å². The first-order valence-corrected chi connectivity index (χ1v) is 11.6. The normalized spacial score (nSPS) is 24.2. The zero-order chi connectivity index (χ0) is 21.4. The fraction of sp³-hybridized carbons (Fsp3) is 0.913. The third kappa shape index (κ3) is 7.25. The Kier molecular flexibility index (Phi) is 9.90. The van der Waals surface area contributed by atoms with E-state index in [9.17, 15) is 9.59 Å². The lowest BCUT2D eigenvalue weighted by atomic mass is 9.86. The first-order valence-electron chi connectivity index (χ1n) is 11.6. The summed E-state index contributed by atoms with van der Waals surface area (Å²) in [4.78, 5) is 27.7. The van der Waals surface area contributed by atoms with E-state index in [2.05, 4.69) is 12.2 Å². The molecule has 0 radical (unpaired) electrons. The molecule has 1 aliphatic heterocycles. The SMILES string of the molecule is COCC1CCCN(C(=O)C(NC(=O)C(C)C)C(C)OC(C)C2CCCCC2)C1. The topological polar surface area (TPSA) is 67.9 Å². The quantitative estimate of drug-likeness (QED) is 0.633. The van der Waals surface area contributed by atoms with Gasteiger partial charge in [-0.2, -0.15) is 0 Å². The molecular formula is C23H42N2O4. The number of likely N-dealkylation sites (tertiary alicyclic amines) is 1. The highest BCUT2D eigenvalue weighted by atomic mass is 16.5. The first-order chi connectivity index (χ1) is 13.8. The van der Waals surface area contributed by atoms with Gasteiger partial charge in [0.05, 0.1) is 18.8 Å². The number of amides is 2. The lowest BCUT2D eigenvalue weighted by Crippen LogP contribution is -2.57. The van der Waals surface area contributed by atoms with Crippen LogP contribution in [-0.2, 0) is 19.1 Å². The largest absolute Gasteiger partial charge is 0.384 e. The maximum atomic E-state index is 13.4. The second-order valence-corrected chi connectivity index (χ2v) is 9.33. The van der Waals surface area contributed by atoms with Crippen LogP contribution in [0.5, 0.6) is 0 Å². The van der Waals surface area contributed by atoms with Crippen LogP contribution in [0, 0.1) is 17.8 Å². The average Bonchev–Trinajstić information content (AvgIpc) is 2.72. The molecule has 0 aromatic rings. The molecule has 6 heteroatoms. The fourth-order valence-corrected chi connectivity index (χ4v) is 4.67. The van der Waals surface area contributed by atoms with Gasteiger partial charge in [-0.1, -0.05) is 33.1 Å². The Bertz CT molecular complexity index is 517. The second-order valence-electron chi connectivity index (χ2n) is 9.33. The smallest absolute Gasteiger partial charge is 0.247 e. The maximum absolute atomic E-state index is 13.4. The number of carbonyl (C=O) groups is 2. The summed E-state index contributed by atoms with van der Waals surface area (Å²) in [7, 11) is 1.70. The van der Waals surface area contributed by atoms with Gasteiger partial charge in [0.2, 0.25) is 11.8 Å². The molecule has 1 N–H and O–H groups in total. The highest BCUT2D eigenvalue weighted by Gasteiger charge is 2.35. The standard InChI is InChI=1S/C23H42N2O4/c1-16(2)22(26)24-21(18(4)29-17(3)20-11-7-6-8-12-20)23(27)25-13-9-10-19(14-25)15-28-5/h16-21H,6-15H2,1-5H3,(H,24,26). The zero-order valence-corrected chi connectivity index (χ0v) is 19.1. The molecule has 1 saturated heterocycles. The molecule has 2 amide bonds. The molecule has 2 fully saturated rings. The molecule has 2 rings (SSSR count). The average molecular weight is 411 g/mol. The van der Waals surface area contributed by atoms with Crippen LogP contribution in [-0.4, -0.2) is 61.8 Å². The molecule has 0 aromatic heterocycles. The van der Waals surface area contributed by atoms with Crippen molar-refractivity contribution in [3.63, 3.8) is 0 Å². The van der Waals surface area contributed by atoms with Crippen molar-refractivity contribution in [1.82, 2.24) is 10.2 Å². The molecule has 1 saturated carbocycles. The third-order valence-electron chi connectivity index (χ3n) is 6.53. The molecule has 1 aliphatic carbocycles. The molecule has 29 heavy (non-hydrogen) atoms. The third-order valence-corrected chi connectivity index (χ3v) is 6.53. The minimum absolute atomic E-state index is 0.0249. The Hall–Kier alpha value is -1.14. The van der Waals surface area contributed by atoms with Crippen molar-refractivity contribution in [2.45, 2.75) is 90.9 Å². The summed E-state index contributed by atoms with van der Waals surface area (Å²) in [6.45, 7) is 9.83. The number of hydrogen-bond donors (Lipinski definition) is 1. The van der Waals surface area contributed by atoms with Gasteiger partial charge in [0.1, 0.15) is 6.04 Å². The molecular weight excluding hydrogens is 368 g/mol. The lowest BCUT2D eigenvalue weighted by Gasteiger charge is -2.38. The molecule has 2 aliphatic rings. The van der Waals surface area contributed by atoms with Crippen LogP contribution in [0.25, 0.3) is 0 Å². The summed E-state index contributed by atoms with van der Waals surface area (Å²) in [6.07, 6.45) is 7.99. The Labute approximate surface area is 177 Å². The molecule has 168 valence electrons. The predicted molar refractivity (Wildman–Crippen MR) is 115 cm³/mol. The zero-order valence-electron chi connectivity index (χ0n) is 19.1. The van der Waals surface area contributed by atoms with Crippen molar-refractivity contribution >= 4 is 11.8 Å². The van der Waals surface area contributed by atoms with Gasteiger partial charge in [0.15, 0.2) is 0 Å². The molecule has 0 spiro atoms. The van der Waals surface area contributed by atoms with Gasteiger partial charge in [0, 0.05) is 26.1 Å². The van der Waals surface area contributed by atoms with Crippen LogP contribution in [0.4, 0.5) is 0 Å². The summed E-state index contributed by atoms with van der Waals surface area (Å²) >= 11 is 0. The molecule has 4 atom stereocenters. The van der Waals surface area contributed by atoms with Crippen molar-refractivity contribution in [2.24, 2.45) is 17.8 Å². The summed E-state index contributed by atoms with van der Waals surface area (Å²) in [6, 6.07) is -0.641. The summed E-state index contributed by atoms with van der Waals surface area (Å²) in [5.41, 5.74) is 0. The van der Waals surface area contributed by atoms with Crippen LogP contribution in [0.1, 0.15) is 72.6 Å². The fourth-order valence-electron chi connectivity index (χ4n) is 4.67. The summed E-state index contributed by atoms with van der Waals surface area (Å²) < 4.78 is 11.6. The van der Waals surface area contributed by atoms with E-state index in [-0.39, 0.29) is 29.9 Å². The van der Waals surface area contributed by atoms with E-state index in [4.69, 9.17) is 9.47 Å². The molecule has 4 unspecified atom stereocenters. The van der Waals surface area contributed by atoms with E-state index in [0.29, 0.717) is 25.0 Å². The van der Waals surface area contributed by atoms with Crippen molar-refractivity contribution in [2.75, 3.05) is 26.8 Å². The Morgan fingerprint density at radius 1 is 1.03 bits per heavy atom. The van der Waals surface area contributed by atoms with E-state index in [1.807, 2.05) is 25.7 Å². The van der Waals surface area contributed by atoms with Gasteiger partial charge in [-0.25, -0.2) is 0 Å². The number of nitrogens with one attached hydrogen (secondary N) is 1. The summed E-state index contributed by atoms with van der Waals surface area (Å²) in [5, 5.41) is 2.98. The van der Waals surface area contributed by atoms with Crippen molar-refractivity contribution in [1.29, 1.82) is 0 Å².